The summed E-state index contributed by atoms with van der Waals surface area (Å²) in [4.78, 5) is 13.6. The molecule has 144 valence electrons. The van der Waals surface area contributed by atoms with E-state index in [4.69, 9.17) is 4.74 Å². The second-order valence-electron chi connectivity index (χ2n) is 6.19. The third-order valence-electron chi connectivity index (χ3n) is 4.18. The van der Waals surface area contributed by atoms with Crippen molar-refractivity contribution in [2.45, 2.75) is 19.9 Å². The van der Waals surface area contributed by atoms with E-state index in [9.17, 15) is 4.79 Å². The van der Waals surface area contributed by atoms with Crippen molar-refractivity contribution in [2.75, 3.05) is 19.4 Å². The van der Waals surface area contributed by atoms with Crippen molar-refractivity contribution < 1.29 is 9.53 Å². The van der Waals surface area contributed by atoms with Crippen molar-refractivity contribution in [1.29, 1.82) is 0 Å². The van der Waals surface area contributed by atoms with Gasteiger partial charge in [-0.05, 0) is 48.4 Å². The molecule has 0 aliphatic rings. The Morgan fingerprint density at radius 3 is 2.21 bits per heavy atom. The van der Waals surface area contributed by atoms with Crippen LogP contribution in [0.15, 0.2) is 48.5 Å². The third kappa shape index (κ3) is 4.79. The van der Waals surface area contributed by atoms with Crippen molar-refractivity contribution in [1.82, 2.24) is 25.3 Å². The highest BCUT2D eigenvalue weighted by atomic mass is 16.6. The largest absolute Gasteiger partial charge is 0.415 e. The highest BCUT2D eigenvalue weighted by molar-refractivity contribution is 5.70. The molecule has 0 unspecified atom stereocenters. The van der Waals surface area contributed by atoms with Crippen LogP contribution in [0.3, 0.4) is 0 Å². The molecule has 1 heterocycles. The average molecular weight is 378 g/mol. The first-order valence-electron chi connectivity index (χ1n) is 8.95. The SMILES string of the molecule is CCc1ccc(OC(=O)N(C)Cc2nnc(-c3ccc(NC)cc3)nn2)cc1. The lowest BCUT2D eigenvalue weighted by atomic mass is 10.2. The number of carbonyl (C=O) groups is 1. The molecule has 0 saturated heterocycles. The number of nitrogens with zero attached hydrogens (tertiary/aromatic N) is 5. The van der Waals surface area contributed by atoms with Crippen LogP contribution in [0.5, 0.6) is 5.75 Å². The van der Waals surface area contributed by atoms with Gasteiger partial charge >= 0.3 is 6.09 Å². The van der Waals surface area contributed by atoms with Crippen molar-refractivity contribution in [2.24, 2.45) is 0 Å². The van der Waals surface area contributed by atoms with Crippen LogP contribution in [0, 0.1) is 0 Å². The number of benzene rings is 2. The standard InChI is InChI=1S/C20H22N6O2/c1-4-14-5-11-17(12-6-14)28-20(27)26(3)13-18-22-24-19(25-23-18)15-7-9-16(21-2)10-8-15/h5-12,21H,4,13H2,1-3H3. The molecule has 0 saturated carbocycles. The Hall–Kier alpha value is -3.55. The van der Waals surface area contributed by atoms with Gasteiger partial charge in [-0.3, -0.25) is 0 Å². The molecule has 0 aliphatic carbocycles. The lowest BCUT2D eigenvalue weighted by Gasteiger charge is -2.15. The van der Waals surface area contributed by atoms with Crippen molar-refractivity contribution in [3.05, 3.63) is 59.9 Å². The van der Waals surface area contributed by atoms with E-state index in [1.54, 1.807) is 19.2 Å². The van der Waals surface area contributed by atoms with Crippen LogP contribution >= 0.6 is 0 Å². The molecule has 1 amide bonds. The quantitative estimate of drug-likeness (QED) is 0.704. The maximum absolute atomic E-state index is 12.2. The normalized spacial score (nSPS) is 10.4. The summed E-state index contributed by atoms with van der Waals surface area (Å²) >= 11 is 0. The van der Waals surface area contributed by atoms with Gasteiger partial charge in [0.2, 0.25) is 5.82 Å². The van der Waals surface area contributed by atoms with Gasteiger partial charge in [0, 0.05) is 25.3 Å². The first kappa shape index (κ1) is 19.2. The molecule has 0 aliphatic heterocycles. The van der Waals surface area contributed by atoms with Gasteiger partial charge in [0.25, 0.3) is 0 Å². The molecule has 8 nitrogen and oxygen atoms in total. The summed E-state index contributed by atoms with van der Waals surface area (Å²) in [6.07, 6.45) is 0.431. The van der Waals surface area contributed by atoms with Crippen LogP contribution in [0.4, 0.5) is 10.5 Å². The predicted molar refractivity (Wildman–Crippen MR) is 106 cm³/mol. The fraction of sp³-hybridized carbons (Fsp3) is 0.250. The third-order valence-corrected chi connectivity index (χ3v) is 4.18. The van der Waals surface area contributed by atoms with Gasteiger partial charge in [-0.2, -0.15) is 0 Å². The summed E-state index contributed by atoms with van der Waals surface area (Å²) in [7, 11) is 3.46. The molecule has 1 N–H and O–H groups in total. The summed E-state index contributed by atoms with van der Waals surface area (Å²) in [5, 5.41) is 19.4. The van der Waals surface area contributed by atoms with E-state index in [0.717, 1.165) is 17.7 Å². The zero-order valence-corrected chi connectivity index (χ0v) is 16.1. The molecular formula is C20H22N6O2. The van der Waals surface area contributed by atoms with Gasteiger partial charge in [-0.15, -0.1) is 20.4 Å². The number of carbonyl (C=O) groups excluding carboxylic acids is 1. The molecule has 3 aromatic rings. The Morgan fingerprint density at radius 2 is 1.64 bits per heavy atom. The fourth-order valence-electron chi connectivity index (χ4n) is 2.46. The predicted octanol–water partition coefficient (Wildman–Crippen LogP) is 3.17. The van der Waals surface area contributed by atoms with Crippen LogP contribution < -0.4 is 10.1 Å². The van der Waals surface area contributed by atoms with Gasteiger partial charge in [0.1, 0.15) is 5.75 Å². The van der Waals surface area contributed by atoms with E-state index in [1.807, 2.05) is 43.4 Å². The molecule has 3 rings (SSSR count). The Labute approximate surface area is 163 Å². The van der Waals surface area contributed by atoms with E-state index in [2.05, 4.69) is 32.6 Å². The van der Waals surface area contributed by atoms with Crippen LogP contribution in [0.2, 0.25) is 0 Å². The molecule has 0 radical (unpaired) electrons. The first-order chi connectivity index (χ1) is 13.6. The Bertz CT molecular complexity index is 911. The molecule has 8 heteroatoms. The topological polar surface area (TPSA) is 93.1 Å². The first-order valence-corrected chi connectivity index (χ1v) is 8.95. The summed E-state index contributed by atoms with van der Waals surface area (Å²) in [5.74, 6) is 1.25. The fourth-order valence-corrected chi connectivity index (χ4v) is 2.46. The second kappa shape index (κ2) is 8.90. The van der Waals surface area contributed by atoms with Crippen LogP contribution in [-0.4, -0.2) is 45.5 Å². The summed E-state index contributed by atoms with van der Waals surface area (Å²) in [6, 6.07) is 15.0. The molecule has 0 fully saturated rings. The molecule has 0 atom stereocenters. The van der Waals surface area contributed by atoms with Gasteiger partial charge in [-0.25, -0.2) is 4.79 Å². The van der Waals surface area contributed by atoms with Crippen molar-refractivity contribution in [3.8, 4) is 17.1 Å². The van der Waals surface area contributed by atoms with Gasteiger partial charge in [-0.1, -0.05) is 19.1 Å². The van der Waals surface area contributed by atoms with E-state index in [1.165, 1.54) is 10.5 Å². The second-order valence-corrected chi connectivity index (χ2v) is 6.19. The minimum absolute atomic E-state index is 0.144. The maximum Gasteiger partial charge on any atom is 0.415 e. The zero-order valence-electron chi connectivity index (χ0n) is 16.1. The molecule has 28 heavy (non-hydrogen) atoms. The number of aromatic nitrogens is 4. The smallest absolute Gasteiger partial charge is 0.410 e. The highest BCUT2D eigenvalue weighted by Crippen LogP contribution is 2.17. The minimum atomic E-state index is -0.500. The van der Waals surface area contributed by atoms with Crippen molar-refractivity contribution >= 4 is 11.8 Å². The average Bonchev–Trinajstić information content (AvgIpc) is 2.75. The van der Waals surface area contributed by atoms with Crippen LogP contribution in [-0.2, 0) is 13.0 Å². The lowest BCUT2D eigenvalue weighted by Crippen LogP contribution is -2.30. The Kier molecular flexibility index (Phi) is 6.11. The van der Waals surface area contributed by atoms with Gasteiger partial charge < -0.3 is 15.0 Å². The minimum Gasteiger partial charge on any atom is -0.410 e. The molecule has 1 aromatic heterocycles. The van der Waals surface area contributed by atoms with E-state index in [0.29, 0.717) is 17.4 Å². The monoisotopic (exact) mass is 378 g/mol. The number of nitrogens with one attached hydrogen (secondary N) is 1. The zero-order chi connectivity index (χ0) is 19.9. The summed E-state index contributed by atoms with van der Waals surface area (Å²) in [6.45, 7) is 2.21. The Balaban J connectivity index is 1.59. The number of aryl methyl sites for hydroxylation is 1. The van der Waals surface area contributed by atoms with Crippen LogP contribution in [0.25, 0.3) is 11.4 Å². The number of hydrogen-bond donors (Lipinski definition) is 1. The van der Waals surface area contributed by atoms with E-state index in [-0.39, 0.29) is 6.54 Å². The highest BCUT2D eigenvalue weighted by Gasteiger charge is 2.14. The van der Waals surface area contributed by atoms with Gasteiger partial charge in [0.15, 0.2) is 5.82 Å². The number of rotatable bonds is 6. The number of ether oxygens (including phenoxy) is 1. The number of anilines is 1. The maximum atomic E-state index is 12.2. The van der Waals surface area contributed by atoms with E-state index < -0.39 is 6.09 Å². The molecule has 0 spiro atoms. The van der Waals surface area contributed by atoms with Crippen molar-refractivity contribution in [3.63, 3.8) is 0 Å². The number of amides is 1. The molecule has 2 aromatic carbocycles. The molecular weight excluding hydrogens is 356 g/mol. The Morgan fingerprint density at radius 1 is 1.00 bits per heavy atom. The number of hydrogen-bond acceptors (Lipinski definition) is 7. The van der Waals surface area contributed by atoms with Crippen LogP contribution in [0.1, 0.15) is 18.3 Å². The lowest BCUT2D eigenvalue weighted by molar-refractivity contribution is 0.159. The summed E-state index contributed by atoms with van der Waals surface area (Å²) in [5.41, 5.74) is 2.99. The van der Waals surface area contributed by atoms with Gasteiger partial charge in [0.05, 0.1) is 6.54 Å². The van der Waals surface area contributed by atoms with E-state index >= 15 is 0 Å². The summed E-state index contributed by atoms with van der Waals surface area (Å²) < 4.78 is 5.35. The molecule has 0 bridgehead atoms.